The summed E-state index contributed by atoms with van der Waals surface area (Å²) in [5.41, 5.74) is 0.241. The largest absolute Gasteiger partial charge is 0.493 e. The second-order valence-electron chi connectivity index (χ2n) is 14.0. The molecule has 1 aromatic heterocycles. The van der Waals surface area contributed by atoms with Crippen LogP contribution in [0.5, 0.6) is 0 Å². The zero-order valence-electron chi connectivity index (χ0n) is 26.7. The first-order valence-electron chi connectivity index (χ1n) is 14.7. The number of carbonyl (C=O) groups excluding carboxylic acids is 1. The minimum absolute atomic E-state index is 0.00694. The Bertz CT molecular complexity index is 1420. The number of ether oxygens (including phenoxy) is 2. The Kier molecular flexibility index (Phi) is 9.87. The Balaban J connectivity index is 1.69. The number of hydrogen-bond acceptors (Lipinski definition) is 7. The number of halogens is 1. The SMILES string of the molecule is CC1(C)COB(C2=CC(OC[C@H](Cc3c[nH]c4ccccc34)NC(=O)OC(C)(C)C)=C(NC(=O)O)N(C(C)(C)C)C2Cl)OC1. The fraction of sp³-hybridized carbons (Fsp3) is 0.548. The lowest BCUT2D eigenvalue weighted by atomic mass is 9.73. The van der Waals surface area contributed by atoms with Crippen molar-refractivity contribution < 1.29 is 33.5 Å². The molecule has 0 spiro atoms. The van der Waals surface area contributed by atoms with Gasteiger partial charge < -0.3 is 39.1 Å². The number of amides is 2. The smallest absolute Gasteiger partial charge is 0.488 e. The highest BCUT2D eigenvalue weighted by Gasteiger charge is 2.45. The number of aromatic nitrogens is 1. The quantitative estimate of drug-likeness (QED) is 0.164. The standard InChI is InChI=1S/C31H44BClN4O7/c1-29(2,3)37-25(33)22(32-42-17-31(7,8)18-43-32)14-24(26(37)36-27(38)39)41-16-20(35-28(40)44-30(4,5)6)13-19-15-34-23-12-10-9-11-21(19)23/h9-12,14-15,20,25,34,36H,13,16-18H2,1-8H3,(H,35,40)(H,38,39)/t20-,25?/m0/s1. The molecule has 44 heavy (non-hydrogen) atoms. The number of para-hydroxylation sites is 1. The third-order valence-electron chi connectivity index (χ3n) is 7.05. The molecule has 1 fully saturated rings. The zero-order chi connectivity index (χ0) is 32.4. The van der Waals surface area contributed by atoms with Crippen molar-refractivity contribution in [3.63, 3.8) is 0 Å². The predicted molar refractivity (Wildman–Crippen MR) is 170 cm³/mol. The van der Waals surface area contributed by atoms with E-state index in [0.29, 0.717) is 25.1 Å². The molecule has 1 aromatic carbocycles. The van der Waals surface area contributed by atoms with Crippen LogP contribution in [0.4, 0.5) is 9.59 Å². The molecule has 11 nitrogen and oxygen atoms in total. The number of fused-ring (bicyclic) bond motifs is 1. The Morgan fingerprint density at radius 2 is 1.84 bits per heavy atom. The number of benzene rings is 1. The van der Waals surface area contributed by atoms with Gasteiger partial charge in [0.1, 0.15) is 17.7 Å². The summed E-state index contributed by atoms with van der Waals surface area (Å²) >= 11 is 7.02. The number of allylic oxidation sites excluding steroid dienone is 1. The summed E-state index contributed by atoms with van der Waals surface area (Å²) in [5, 5.41) is 16.2. The van der Waals surface area contributed by atoms with Crippen LogP contribution in [0.1, 0.15) is 61.0 Å². The number of rotatable bonds is 8. The highest BCUT2D eigenvalue weighted by atomic mass is 35.5. The number of hydrogen-bond donors (Lipinski definition) is 4. The third-order valence-corrected chi connectivity index (χ3v) is 7.49. The molecule has 2 aliphatic heterocycles. The number of alkyl halides is 1. The van der Waals surface area contributed by atoms with Gasteiger partial charge in [-0.2, -0.15) is 0 Å². The fourth-order valence-corrected chi connectivity index (χ4v) is 5.68. The Hall–Kier alpha value is -3.35. The number of aromatic amines is 1. The van der Waals surface area contributed by atoms with Gasteiger partial charge in [0.25, 0.3) is 0 Å². The van der Waals surface area contributed by atoms with Gasteiger partial charge in [-0.05, 0) is 65.7 Å². The van der Waals surface area contributed by atoms with E-state index in [-0.39, 0.29) is 23.6 Å². The lowest BCUT2D eigenvalue weighted by Gasteiger charge is -2.46. The van der Waals surface area contributed by atoms with Gasteiger partial charge in [0.15, 0.2) is 11.6 Å². The van der Waals surface area contributed by atoms with Crippen molar-refractivity contribution in [1.82, 2.24) is 20.5 Å². The number of carbonyl (C=O) groups is 2. The van der Waals surface area contributed by atoms with Crippen LogP contribution >= 0.6 is 11.6 Å². The number of H-pyrrole nitrogens is 1. The molecule has 4 N–H and O–H groups in total. The first kappa shape index (κ1) is 33.5. The van der Waals surface area contributed by atoms with Gasteiger partial charge >= 0.3 is 19.3 Å². The van der Waals surface area contributed by atoms with E-state index in [1.165, 1.54) is 0 Å². The van der Waals surface area contributed by atoms with Crippen LogP contribution in [0.15, 0.2) is 53.6 Å². The van der Waals surface area contributed by atoms with Crippen LogP contribution in [0.2, 0.25) is 0 Å². The Morgan fingerprint density at radius 3 is 2.45 bits per heavy atom. The number of carboxylic acid groups (broad SMARTS) is 1. The van der Waals surface area contributed by atoms with E-state index in [9.17, 15) is 14.7 Å². The van der Waals surface area contributed by atoms with Crippen LogP contribution in [0.3, 0.4) is 0 Å². The van der Waals surface area contributed by atoms with E-state index < -0.39 is 42.0 Å². The molecular formula is C31H44BClN4O7. The van der Waals surface area contributed by atoms with Gasteiger partial charge in [-0.25, -0.2) is 9.59 Å². The summed E-state index contributed by atoms with van der Waals surface area (Å²) < 4.78 is 24.1. The maximum Gasteiger partial charge on any atom is 0.493 e. The van der Waals surface area contributed by atoms with Crippen molar-refractivity contribution in [2.24, 2.45) is 5.41 Å². The van der Waals surface area contributed by atoms with Gasteiger partial charge in [0, 0.05) is 46.7 Å². The Morgan fingerprint density at radius 1 is 1.18 bits per heavy atom. The molecule has 0 radical (unpaired) electrons. The normalized spacial score (nSPS) is 19.8. The van der Waals surface area contributed by atoms with Gasteiger partial charge in [0.05, 0.1) is 6.04 Å². The monoisotopic (exact) mass is 630 g/mol. The molecule has 0 bridgehead atoms. The van der Waals surface area contributed by atoms with Crippen LogP contribution in [-0.2, 0) is 25.2 Å². The van der Waals surface area contributed by atoms with Gasteiger partial charge in [-0.3, -0.25) is 5.32 Å². The van der Waals surface area contributed by atoms with Crippen molar-refractivity contribution >= 4 is 41.8 Å². The Labute approximate surface area is 264 Å². The van der Waals surface area contributed by atoms with Gasteiger partial charge in [-0.1, -0.05) is 43.6 Å². The molecule has 1 unspecified atom stereocenters. The minimum atomic E-state index is -1.27. The van der Waals surface area contributed by atoms with Crippen LogP contribution in [-0.4, -0.2) is 76.8 Å². The molecule has 4 rings (SSSR count). The van der Waals surface area contributed by atoms with E-state index in [2.05, 4.69) is 15.6 Å². The first-order valence-corrected chi connectivity index (χ1v) is 15.2. The summed E-state index contributed by atoms with van der Waals surface area (Å²) in [6, 6.07) is 7.35. The van der Waals surface area contributed by atoms with Gasteiger partial charge in [-0.15, -0.1) is 0 Å². The lowest BCUT2D eigenvalue weighted by molar-refractivity contribution is 0.0295. The van der Waals surface area contributed by atoms with Crippen molar-refractivity contribution in [2.45, 2.75) is 84.5 Å². The van der Waals surface area contributed by atoms with E-state index in [1.54, 1.807) is 31.7 Å². The van der Waals surface area contributed by atoms with Crippen molar-refractivity contribution in [1.29, 1.82) is 0 Å². The van der Waals surface area contributed by atoms with E-state index >= 15 is 0 Å². The van der Waals surface area contributed by atoms with Crippen molar-refractivity contribution in [2.75, 3.05) is 19.8 Å². The third kappa shape index (κ3) is 8.43. The molecule has 2 aromatic rings. The highest BCUT2D eigenvalue weighted by molar-refractivity contribution is 6.56. The van der Waals surface area contributed by atoms with Crippen molar-refractivity contribution in [3.8, 4) is 0 Å². The maximum absolute atomic E-state index is 12.9. The molecule has 3 heterocycles. The van der Waals surface area contributed by atoms with E-state index in [1.807, 2.05) is 65.1 Å². The maximum atomic E-state index is 12.9. The molecular weight excluding hydrogens is 587 g/mol. The second kappa shape index (κ2) is 12.9. The number of alkyl carbamates (subject to hydrolysis) is 1. The van der Waals surface area contributed by atoms with E-state index in [4.69, 9.17) is 30.4 Å². The van der Waals surface area contributed by atoms with Crippen LogP contribution < -0.4 is 10.6 Å². The summed E-state index contributed by atoms with van der Waals surface area (Å²) in [5.74, 6) is 0.397. The molecule has 0 aliphatic carbocycles. The van der Waals surface area contributed by atoms with Gasteiger partial charge in [0.2, 0.25) is 0 Å². The molecule has 240 valence electrons. The summed E-state index contributed by atoms with van der Waals surface area (Å²) in [7, 11) is -0.748. The summed E-state index contributed by atoms with van der Waals surface area (Å²) in [6.07, 6.45) is 2.13. The van der Waals surface area contributed by atoms with E-state index in [0.717, 1.165) is 16.5 Å². The molecule has 13 heteroatoms. The average molecular weight is 631 g/mol. The molecule has 1 saturated heterocycles. The molecule has 2 aliphatic rings. The predicted octanol–water partition coefficient (Wildman–Crippen LogP) is 5.76. The molecule has 2 amide bonds. The number of nitrogens with zero attached hydrogens (tertiary/aromatic N) is 1. The fourth-order valence-electron chi connectivity index (χ4n) is 5.13. The van der Waals surface area contributed by atoms with Crippen LogP contribution in [0.25, 0.3) is 10.9 Å². The van der Waals surface area contributed by atoms with Crippen molar-refractivity contribution in [3.05, 3.63) is 59.2 Å². The molecule has 0 saturated carbocycles. The summed E-state index contributed by atoms with van der Waals surface area (Å²) in [4.78, 5) is 29.9. The lowest BCUT2D eigenvalue weighted by Crippen LogP contribution is -2.55. The second-order valence-corrected chi connectivity index (χ2v) is 14.4. The summed E-state index contributed by atoms with van der Waals surface area (Å²) in [6.45, 7) is 16.1. The zero-order valence-corrected chi connectivity index (χ0v) is 27.5. The topological polar surface area (TPSA) is 134 Å². The van der Waals surface area contributed by atoms with Crippen LogP contribution in [0, 0.1) is 5.41 Å². The molecule has 2 atom stereocenters. The number of nitrogens with one attached hydrogen (secondary N) is 3. The highest BCUT2D eigenvalue weighted by Crippen LogP contribution is 2.37. The average Bonchev–Trinajstić information content (AvgIpc) is 3.29. The first-order chi connectivity index (χ1) is 20.4. The minimum Gasteiger partial charge on any atom is -0.488 e.